The van der Waals surface area contributed by atoms with Crippen molar-refractivity contribution in [3.8, 4) is 0 Å². The predicted molar refractivity (Wildman–Crippen MR) is 80.0 cm³/mol. The molecule has 2 rings (SSSR count). The fourth-order valence-electron chi connectivity index (χ4n) is 1.56. The molecule has 2 N–H and O–H groups in total. The van der Waals surface area contributed by atoms with Crippen LogP contribution in [0, 0.1) is 6.92 Å². The van der Waals surface area contributed by atoms with Crippen LogP contribution in [0.4, 0.5) is 17.2 Å². The maximum absolute atomic E-state index is 11.2. The first kappa shape index (κ1) is 14.5. The third-order valence-electron chi connectivity index (χ3n) is 2.37. The van der Waals surface area contributed by atoms with E-state index >= 15 is 0 Å². The molecule has 20 heavy (non-hydrogen) atoms. The third-order valence-corrected chi connectivity index (χ3v) is 3.16. The van der Waals surface area contributed by atoms with Gasteiger partial charge in [-0.05, 0) is 36.7 Å². The van der Waals surface area contributed by atoms with Crippen molar-refractivity contribution in [3.63, 3.8) is 0 Å². The van der Waals surface area contributed by atoms with Crippen LogP contribution in [0.3, 0.4) is 0 Å². The Kier molecular flexibility index (Phi) is 4.10. The summed E-state index contributed by atoms with van der Waals surface area (Å²) in [4.78, 5) is 7.95. The highest BCUT2D eigenvalue weighted by Crippen LogP contribution is 2.22. The lowest BCUT2D eigenvalue weighted by atomic mass is 10.2. The summed E-state index contributed by atoms with van der Waals surface area (Å²) in [7, 11) is -3.31. The molecule has 0 saturated carbocycles. The minimum Gasteiger partial charge on any atom is -0.340 e. The number of hydrogen-bond donors (Lipinski definition) is 2. The van der Waals surface area contributed by atoms with Crippen LogP contribution >= 0.6 is 11.6 Å². The van der Waals surface area contributed by atoms with Gasteiger partial charge in [0.15, 0.2) is 0 Å². The number of nitrogens with one attached hydrogen (secondary N) is 2. The molecule has 0 saturated heterocycles. The number of sulfonamides is 1. The predicted octanol–water partition coefficient (Wildman–Crippen LogP) is 2.55. The molecule has 0 fully saturated rings. The molecular weight excluding hydrogens is 300 g/mol. The van der Waals surface area contributed by atoms with Crippen molar-refractivity contribution in [1.29, 1.82) is 0 Å². The molecule has 0 aliphatic carbocycles. The fraction of sp³-hybridized carbons (Fsp3) is 0.167. The first-order valence-electron chi connectivity index (χ1n) is 5.67. The summed E-state index contributed by atoms with van der Waals surface area (Å²) in [6, 6.07) is 6.85. The Labute approximate surface area is 122 Å². The second-order valence-electron chi connectivity index (χ2n) is 4.25. The van der Waals surface area contributed by atoms with E-state index in [1.54, 1.807) is 30.5 Å². The van der Waals surface area contributed by atoms with Gasteiger partial charge in [0.25, 0.3) is 0 Å². The van der Waals surface area contributed by atoms with Crippen molar-refractivity contribution >= 4 is 38.8 Å². The Hall–Kier alpha value is -1.86. The van der Waals surface area contributed by atoms with Crippen molar-refractivity contribution in [2.45, 2.75) is 6.92 Å². The lowest BCUT2D eigenvalue weighted by Crippen LogP contribution is -2.09. The molecule has 0 radical (unpaired) electrons. The molecule has 106 valence electrons. The summed E-state index contributed by atoms with van der Waals surface area (Å²) in [6.45, 7) is 1.84. The van der Waals surface area contributed by atoms with Gasteiger partial charge in [-0.2, -0.15) is 0 Å². The van der Waals surface area contributed by atoms with Gasteiger partial charge in [-0.25, -0.2) is 18.4 Å². The van der Waals surface area contributed by atoms with E-state index in [0.717, 1.165) is 11.8 Å². The summed E-state index contributed by atoms with van der Waals surface area (Å²) >= 11 is 5.75. The maximum atomic E-state index is 11.2. The Bertz CT molecular complexity index is 734. The summed E-state index contributed by atoms with van der Waals surface area (Å²) in [5.74, 6) is 0.571. The zero-order valence-electron chi connectivity index (χ0n) is 10.9. The van der Waals surface area contributed by atoms with Gasteiger partial charge in [0.1, 0.15) is 5.82 Å². The number of hydrogen-bond acceptors (Lipinski definition) is 5. The van der Waals surface area contributed by atoms with E-state index in [0.29, 0.717) is 17.2 Å². The summed E-state index contributed by atoms with van der Waals surface area (Å²) in [6.07, 6.45) is 2.71. The number of benzene rings is 1. The average Bonchev–Trinajstić information content (AvgIpc) is 2.32. The van der Waals surface area contributed by atoms with Gasteiger partial charge in [-0.15, -0.1) is 0 Å². The van der Waals surface area contributed by atoms with Gasteiger partial charge in [0.05, 0.1) is 11.9 Å². The Balaban J connectivity index is 2.26. The molecule has 0 amide bonds. The zero-order valence-corrected chi connectivity index (χ0v) is 12.5. The molecule has 1 aromatic carbocycles. The lowest BCUT2D eigenvalue weighted by molar-refractivity contribution is 0.607. The van der Waals surface area contributed by atoms with Crippen LogP contribution in [0.5, 0.6) is 0 Å². The molecule has 0 aliphatic rings. The van der Waals surface area contributed by atoms with Crippen LogP contribution in [0.1, 0.15) is 5.56 Å². The smallest absolute Gasteiger partial charge is 0.229 e. The normalized spacial score (nSPS) is 11.2. The van der Waals surface area contributed by atoms with Crippen molar-refractivity contribution in [1.82, 2.24) is 9.97 Å². The first-order valence-corrected chi connectivity index (χ1v) is 7.94. The number of anilines is 3. The number of halogens is 1. The number of aryl methyl sites for hydroxylation is 1. The lowest BCUT2D eigenvalue weighted by Gasteiger charge is -2.10. The molecule has 0 unspecified atom stereocenters. The molecule has 2 aromatic rings. The van der Waals surface area contributed by atoms with Crippen molar-refractivity contribution < 1.29 is 8.42 Å². The molecule has 0 aliphatic heterocycles. The fourth-order valence-corrected chi connectivity index (χ4v) is 2.25. The van der Waals surface area contributed by atoms with Crippen LogP contribution in [-0.4, -0.2) is 24.6 Å². The molecule has 1 heterocycles. The number of nitrogens with zero attached hydrogens (tertiary/aromatic N) is 2. The Morgan fingerprint density at radius 2 is 1.95 bits per heavy atom. The van der Waals surface area contributed by atoms with E-state index < -0.39 is 10.0 Å². The SMILES string of the molecule is Cc1cnc(Cl)nc1Nc1cccc(NS(C)(=O)=O)c1. The van der Waals surface area contributed by atoms with Gasteiger partial charge < -0.3 is 5.32 Å². The molecule has 0 spiro atoms. The average molecular weight is 313 g/mol. The molecule has 0 atom stereocenters. The highest BCUT2D eigenvalue weighted by atomic mass is 35.5. The van der Waals surface area contributed by atoms with Gasteiger partial charge >= 0.3 is 0 Å². The van der Waals surface area contributed by atoms with Crippen LogP contribution in [-0.2, 0) is 10.0 Å². The molecule has 6 nitrogen and oxygen atoms in total. The quantitative estimate of drug-likeness (QED) is 0.848. The van der Waals surface area contributed by atoms with E-state index in [4.69, 9.17) is 11.6 Å². The van der Waals surface area contributed by atoms with Gasteiger partial charge in [0, 0.05) is 17.4 Å². The first-order chi connectivity index (χ1) is 9.33. The largest absolute Gasteiger partial charge is 0.340 e. The third kappa shape index (κ3) is 4.07. The standard InChI is InChI=1S/C12H13ClN4O2S/c1-8-7-14-12(13)16-11(8)15-9-4-3-5-10(6-9)17-20(2,18)19/h3-7,17H,1-2H3,(H,14,15,16). The minimum atomic E-state index is -3.31. The van der Waals surface area contributed by atoms with E-state index in [1.165, 1.54) is 0 Å². The molecular formula is C12H13ClN4O2S. The van der Waals surface area contributed by atoms with E-state index in [9.17, 15) is 8.42 Å². The minimum absolute atomic E-state index is 0.142. The molecule has 1 aromatic heterocycles. The summed E-state index contributed by atoms with van der Waals surface area (Å²) < 4.78 is 24.8. The second kappa shape index (κ2) is 5.64. The van der Waals surface area contributed by atoms with Crippen molar-refractivity contribution in [2.75, 3.05) is 16.3 Å². The Morgan fingerprint density at radius 1 is 1.25 bits per heavy atom. The molecule has 8 heteroatoms. The topological polar surface area (TPSA) is 84.0 Å². The number of aromatic nitrogens is 2. The maximum Gasteiger partial charge on any atom is 0.229 e. The molecule has 0 bridgehead atoms. The van der Waals surface area contributed by atoms with Crippen LogP contribution in [0.15, 0.2) is 30.5 Å². The second-order valence-corrected chi connectivity index (χ2v) is 6.34. The Morgan fingerprint density at radius 3 is 2.65 bits per heavy atom. The highest BCUT2D eigenvalue weighted by molar-refractivity contribution is 7.92. The van der Waals surface area contributed by atoms with Crippen LogP contribution < -0.4 is 10.0 Å². The number of rotatable bonds is 4. The highest BCUT2D eigenvalue weighted by Gasteiger charge is 2.05. The summed E-state index contributed by atoms with van der Waals surface area (Å²) in [5, 5.41) is 3.21. The van der Waals surface area contributed by atoms with Gasteiger partial charge in [0.2, 0.25) is 15.3 Å². The van der Waals surface area contributed by atoms with Gasteiger partial charge in [-0.1, -0.05) is 6.07 Å². The zero-order chi connectivity index (χ0) is 14.8. The van der Waals surface area contributed by atoms with Crippen molar-refractivity contribution in [3.05, 3.63) is 41.3 Å². The van der Waals surface area contributed by atoms with Crippen molar-refractivity contribution in [2.24, 2.45) is 0 Å². The monoisotopic (exact) mass is 312 g/mol. The van der Waals surface area contributed by atoms with E-state index in [-0.39, 0.29) is 5.28 Å². The van der Waals surface area contributed by atoms with E-state index in [1.807, 2.05) is 6.92 Å². The summed E-state index contributed by atoms with van der Waals surface area (Å²) in [5.41, 5.74) is 1.99. The van der Waals surface area contributed by atoms with Gasteiger partial charge in [-0.3, -0.25) is 4.72 Å². The van der Waals surface area contributed by atoms with Crippen LogP contribution in [0.2, 0.25) is 5.28 Å². The van der Waals surface area contributed by atoms with E-state index in [2.05, 4.69) is 20.0 Å². The van der Waals surface area contributed by atoms with Crippen LogP contribution in [0.25, 0.3) is 0 Å².